The monoisotopic (exact) mass is 326 g/mol. The lowest BCUT2D eigenvalue weighted by Crippen LogP contribution is -2.11. The molecular weight excluding hydrogens is 307 g/mol. The van der Waals surface area contributed by atoms with Crippen molar-refractivity contribution in [2.45, 2.75) is 13.8 Å². The van der Waals surface area contributed by atoms with Crippen molar-refractivity contribution < 1.29 is 28.6 Å². The number of ether oxygens (including phenoxy) is 1. The fourth-order valence-corrected chi connectivity index (χ4v) is 3.90. The molecule has 0 saturated carbocycles. The Morgan fingerprint density at radius 3 is 2.23 bits per heavy atom. The molecule has 0 fully saturated rings. The molecule has 0 aliphatic carbocycles. The van der Waals surface area contributed by atoms with Gasteiger partial charge in [0.1, 0.15) is 22.6 Å². The summed E-state index contributed by atoms with van der Waals surface area (Å²) in [7, 11) is -2.20. The first kappa shape index (κ1) is 16.6. The molecule has 2 N–H and O–H groups in total. The summed E-state index contributed by atoms with van der Waals surface area (Å²) in [6, 6.07) is 6.01. The molecule has 0 aliphatic heterocycles. The molecule has 0 spiro atoms. The zero-order valence-electron chi connectivity index (χ0n) is 12.7. The van der Waals surface area contributed by atoms with E-state index in [-0.39, 0.29) is 30.0 Å². The average Bonchev–Trinajstić information content (AvgIpc) is 2.50. The van der Waals surface area contributed by atoms with E-state index in [1.165, 1.54) is 13.2 Å². The van der Waals surface area contributed by atoms with Crippen LogP contribution in [0.1, 0.15) is 13.8 Å². The second-order valence-electron chi connectivity index (χ2n) is 4.51. The van der Waals surface area contributed by atoms with Gasteiger partial charge in [0, 0.05) is 10.8 Å². The van der Waals surface area contributed by atoms with Crippen LogP contribution in [-0.2, 0) is 13.6 Å². The molecule has 0 bridgehead atoms. The molecule has 22 heavy (non-hydrogen) atoms. The third-order valence-corrected chi connectivity index (χ3v) is 5.29. The van der Waals surface area contributed by atoms with Crippen molar-refractivity contribution in [3.05, 3.63) is 24.3 Å². The largest absolute Gasteiger partial charge is 0.507 e. The Hall–Kier alpha value is -1.75. The second-order valence-corrected chi connectivity index (χ2v) is 6.50. The number of benzene rings is 2. The standard InChI is InChI=1S/C15H19O6P/c1-4-20-22(18,21-5-2)14-9-13(16)12-8-10(19-3)6-7-11(12)15(14)17/h6-9,16-17H,4-5H2,1-3H3. The van der Waals surface area contributed by atoms with Crippen LogP contribution in [-0.4, -0.2) is 30.5 Å². The van der Waals surface area contributed by atoms with Crippen molar-refractivity contribution in [1.29, 1.82) is 0 Å². The topological polar surface area (TPSA) is 85.2 Å². The maximum atomic E-state index is 12.8. The zero-order valence-corrected chi connectivity index (χ0v) is 13.6. The van der Waals surface area contributed by atoms with Crippen molar-refractivity contribution in [1.82, 2.24) is 0 Å². The van der Waals surface area contributed by atoms with Crippen LogP contribution in [0.25, 0.3) is 10.8 Å². The molecule has 0 saturated heterocycles. The Labute approximate surface area is 128 Å². The normalized spacial score (nSPS) is 11.8. The third kappa shape index (κ3) is 2.90. The van der Waals surface area contributed by atoms with Gasteiger partial charge in [0.05, 0.1) is 20.3 Å². The van der Waals surface area contributed by atoms with Gasteiger partial charge in [0.2, 0.25) is 0 Å². The SMILES string of the molecule is CCOP(=O)(OCC)c1cc(O)c2cc(OC)ccc2c1O. The molecule has 0 amide bonds. The molecule has 2 aromatic carbocycles. The highest BCUT2D eigenvalue weighted by Gasteiger charge is 2.32. The highest BCUT2D eigenvalue weighted by molar-refractivity contribution is 7.62. The van der Waals surface area contributed by atoms with Gasteiger partial charge in [-0.25, -0.2) is 0 Å². The summed E-state index contributed by atoms with van der Waals surface area (Å²) in [5.74, 6) is 0.162. The van der Waals surface area contributed by atoms with E-state index in [1.54, 1.807) is 32.0 Å². The fourth-order valence-electron chi connectivity index (χ4n) is 2.21. The van der Waals surface area contributed by atoms with Crippen molar-refractivity contribution >= 4 is 23.7 Å². The van der Waals surface area contributed by atoms with Gasteiger partial charge < -0.3 is 24.0 Å². The Kier molecular flexibility index (Phi) is 4.96. The van der Waals surface area contributed by atoms with Crippen LogP contribution in [0.4, 0.5) is 0 Å². The van der Waals surface area contributed by atoms with E-state index < -0.39 is 7.60 Å². The van der Waals surface area contributed by atoms with Crippen molar-refractivity contribution in [3.8, 4) is 17.2 Å². The summed E-state index contributed by atoms with van der Waals surface area (Å²) in [4.78, 5) is 0. The molecule has 120 valence electrons. The first-order valence-electron chi connectivity index (χ1n) is 6.89. The lowest BCUT2D eigenvalue weighted by molar-refractivity contribution is 0.229. The summed E-state index contributed by atoms with van der Waals surface area (Å²) in [5.41, 5.74) is 0. The maximum Gasteiger partial charge on any atom is 0.365 e. The predicted octanol–water partition coefficient (Wildman–Crippen LogP) is 3.15. The Bertz CT molecular complexity index is 718. The van der Waals surface area contributed by atoms with Crippen molar-refractivity contribution in [2.75, 3.05) is 20.3 Å². The number of phenols is 2. The number of phenolic OH excluding ortho intramolecular Hbond substituents is 2. The molecule has 0 radical (unpaired) electrons. The average molecular weight is 326 g/mol. The minimum Gasteiger partial charge on any atom is -0.507 e. The summed E-state index contributed by atoms with van der Waals surface area (Å²) in [6.07, 6.45) is 0. The van der Waals surface area contributed by atoms with E-state index in [9.17, 15) is 14.8 Å². The highest BCUT2D eigenvalue weighted by Crippen LogP contribution is 2.51. The van der Waals surface area contributed by atoms with Gasteiger partial charge in [-0.3, -0.25) is 4.57 Å². The van der Waals surface area contributed by atoms with E-state index in [4.69, 9.17) is 13.8 Å². The second kappa shape index (κ2) is 6.57. The minimum absolute atomic E-state index is 0.0497. The smallest absolute Gasteiger partial charge is 0.365 e. The minimum atomic E-state index is -3.70. The van der Waals surface area contributed by atoms with E-state index >= 15 is 0 Å². The van der Waals surface area contributed by atoms with Crippen LogP contribution in [0.15, 0.2) is 24.3 Å². The van der Waals surface area contributed by atoms with Gasteiger partial charge in [-0.1, -0.05) is 0 Å². The molecule has 0 unspecified atom stereocenters. The Morgan fingerprint density at radius 2 is 1.68 bits per heavy atom. The summed E-state index contributed by atoms with van der Waals surface area (Å²) < 4.78 is 28.4. The summed E-state index contributed by atoms with van der Waals surface area (Å²) in [6.45, 7) is 3.65. The van der Waals surface area contributed by atoms with E-state index in [2.05, 4.69) is 0 Å². The van der Waals surface area contributed by atoms with Gasteiger partial charge in [-0.05, 0) is 38.1 Å². The molecule has 0 aliphatic rings. The molecular formula is C15H19O6P. The zero-order chi connectivity index (χ0) is 16.3. The Morgan fingerprint density at radius 1 is 1.05 bits per heavy atom. The van der Waals surface area contributed by atoms with Gasteiger partial charge >= 0.3 is 7.60 Å². The highest BCUT2D eigenvalue weighted by atomic mass is 31.2. The van der Waals surface area contributed by atoms with Gasteiger partial charge in [0.15, 0.2) is 0 Å². The number of hydrogen-bond acceptors (Lipinski definition) is 6. The summed E-state index contributed by atoms with van der Waals surface area (Å²) in [5, 5.41) is 21.3. The van der Waals surface area contributed by atoms with Gasteiger partial charge in [-0.15, -0.1) is 0 Å². The molecule has 0 heterocycles. The quantitative estimate of drug-likeness (QED) is 0.626. The molecule has 6 nitrogen and oxygen atoms in total. The van der Waals surface area contributed by atoms with E-state index in [0.717, 1.165) is 0 Å². The number of hydrogen-bond donors (Lipinski definition) is 2. The Balaban J connectivity index is 2.70. The van der Waals surface area contributed by atoms with Gasteiger partial charge in [-0.2, -0.15) is 0 Å². The molecule has 0 atom stereocenters. The first-order valence-corrected chi connectivity index (χ1v) is 8.43. The molecule has 2 aromatic rings. The molecule has 0 aromatic heterocycles. The third-order valence-electron chi connectivity index (χ3n) is 3.17. The van der Waals surface area contributed by atoms with Crippen LogP contribution >= 0.6 is 7.60 Å². The van der Waals surface area contributed by atoms with Crippen LogP contribution in [0.3, 0.4) is 0 Å². The number of methoxy groups -OCH3 is 1. The summed E-state index contributed by atoms with van der Waals surface area (Å²) >= 11 is 0. The lowest BCUT2D eigenvalue weighted by Gasteiger charge is -2.19. The predicted molar refractivity (Wildman–Crippen MR) is 84.3 cm³/mol. The van der Waals surface area contributed by atoms with Crippen LogP contribution in [0.5, 0.6) is 17.2 Å². The van der Waals surface area contributed by atoms with E-state index in [0.29, 0.717) is 16.5 Å². The van der Waals surface area contributed by atoms with Crippen LogP contribution in [0.2, 0.25) is 0 Å². The molecule has 2 rings (SSSR count). The molecule has 7 heteroatoms. The van der Waals surface area contributed by atoms with Gasteiger partial charge in [0.25, 0.3) is 0 Å². The first-order chi connectivity index (χ1) is 10.5. The number of fused-ring (bicyclic) bond motifs is 1. The van der Waals surface area contributed by atoms with Crippen LogP contribution < -0.4 is 10.0 Å². The lowest BCUT2D eigenvalue weighted by atomic mass is 10.1. The van der Waals surface area contributed by atoms with E-state index in [1.807, 2.05) is 0 Å². The number of rotatable bonds is 6. The fraction of sp³-hybridized carbons (Fsp3) is 0.333. The maximum absolute atomic E-state index is 12.8. The van der Waals surface area contributed by atoms with Crippen LogP contribution in [0, 0.1) is 0 Å². The van der Waals surface area contributed by atoms with Crippen molar-refractivity contribution in [2.24, 2.45) is 0 Å². The van der Waals surface area contributed by atoms with Crippen molar-refractivity contribution in [3.63, 3.8) is 0 Å². The number of aromatic hydroxyl groups is 2.